The van der Waals surface area contributed by atoms with Crippen LogP contribution in [0, 0.1) is 0 Å². The van der Waals surface area contributed by atoms with Gasteiger partial charge in [-0.3, -0.25) is 4.79 Å². The van der Waals surface area contributed by atoms with Gasteiger partial charge in [0, 0.05) is 25.2 Å². The third kappa shape index (κ3) is 4.13. The molecule has 1 aromatic carbocycles. The van der Waals surface area contributed by atoms with Crippen LogP contribution < -0.4 is 9.47 Å². The molecule has 0 saturated heterocycles. The number of nitrogens with zero attached hydrogens (tertiary/aromatic N) is 1. The van der Waals surface area contributed by atoms with E-state index < -0.39 is 6.10 Å². The van der Waals surface area contributed by atoms with Gasteiger partial charge in [-0.05, 0) is 26.0 Å². The van der Waals surface area contributed by atoms with Gasteiger partial charge in [0.25, 0.3) is 5.91 Å². The first kappa shape index (κ1) is 15.3. The number of carbonyl (C=O) groups is 1. The van der Waals surface area contributed by atoms with Gasteiger partial charge in [-0.25, -0.2) is 0 Å². The number of aliphatic hydroxyl groups is 1. The SMILES string of the molecule is CCN(C)C(=O)COc1cc(OC)ccc1[C@H](C)O. The highest BCUT2D eigenvalue weighted by atomic mass is 16.5. The number of hydrogen-bond donors (Lipinski definition) is 1. The molecular weight excluding hydrogens is 246 g/mol. The minimum Gasteiger partial charge on any atom is -0.497 e. The maximum atomic E-state index is 11.7. The zero-order valence-corrected chi connectivity index (χ0v) is 11.8. The lowest BCUT2D eigenvalue weighted by Crippen LogP contribution is -2.31. The van der Waals surface area contributed by atoms with E-state index in [2.05, 4.69) is 0 Å². The van der Waals surface area contributed by atoms with Crippen molar-refractivity contribution < 1.29 is 19.4 Å². The van der Waals surface area contributed by atoms with Crippen molar-refractivity contribution in [2.45, 2.75) is 20.0 Å². The summed E-state index contributed by atoms with van der Waals surface area (Å²) in [6, 6.07) is 5.14. The first-order chi connectivity index (χ1) is 8.99. The highest BCUT2D eigenvalue weighted by Gasteiger charge is 2.13. The molecule has 0 fully saturated rings. The second kappa shape index (κ2) is 6.99. The second-order valence-corrected chi connectivity index (χ2v) is 4.28. The molecule has 0 radical (unpaired) electrons. The molecule has 0 saturated carbocycles. The van der Waals surface area contributed by atoms with E-state index in [1.54, 1.807) is 44.2 Å². The number of carbonyl (C=O) groups excluding carboxylic acids is 1. The van der Waals surface area contributed by atoms with Gasteiger partial charge in [-0.15, -0.1) is 0 Å². The Morgan fingerprint density at radius 3 is 2.68 bits per heavy atom. The molecule has 0 unspecified atom stereocenters. The van der Waals surface area contributed by atoms with Crippen LogP contribution in [0.5, 0.6) is 11.5 Å². The molecule has 5 nitrogen and oxygen atoms in total. The molecule has 1 amide bonds. The Morgan fingerprint density at radius 2 is 2.16 bits per heavy atom. The molecule has 0 bridgehead atoms. The Balaban J connectivity index is 2.83. The Labute approximate surface area is 113 Å². The van der Waals surface area contributed by atoms with Crippen molar-refractivity contribution in [3.63, 3.8) is 0 Å². The highest BCUT2D eigenvalue weighted by molar-refractivity contribution is 5.77. The molecular formula is C14H21NO4. The number of ether oxygens (including phenoxy) is 2. The number of benzene rings is 1. The van der Waals surface area contributed by atoms with E-state index in [-0.39, 0.29) is 12.5 Å². The quantitative estimate of drug-likeness (QED) is 0.850. The molecule has 0 aliphatic rings. The monoisotopic (exact) mass is 267 g/mol. The molecule has 5 heteroatoms. The smallest absolute Gasteiger partial charge is 0.260 e. The summed E-state index contributed by atoms with van der Waals surface area (Å²) >= 11 is 0. The minimum absolute atomic E-state index is 0.0583. The van der Waals surface area contributed by atoms with E-state index in [1.165, 1.54) is 0 Å². The van der Waals surface area contributed by atoms with Crippen LogP contribution in [0.15, 0.2) is 18.2 Å². The average molecular weight is 267 g/mol. The summed E-state index contributed by atoms with van der Waals surface area (Å²) < 4.78 is 10.6. The minimum atomic E-state index is -0.667. The molecule has 0 heterocycles. The summed E-state index contributed by atoms with van der Waals surface area (Å²) in [6.07, 6.45) is -0.667. The molecule has 106 valence electrons. The number of methoxy groups -OCH3 is 1. The molecule has 0 aromatic heterocycles. The zero-order valence-electron chi connectivity index (χ0n) is 11.8. The average Bonchev–Trinajstić information content (AvgIpc) is 2.43. The fourth-order valence-electron chi connectivity index (χ4n) is 1.54. The maximum absolute atomic E-state index is 11.7. The Bertz CT molecular complexity index is 431. The van der Waals surface area contributed by atoms with Gasteiger partial charge in [-0.2, -0.15) is 0 Å². The lowest BCUT2D eigenvalue weighted by Gasteiger charge is -2.17. The number of aliphatic hydroxyl groups excluding tert-OH is 1. The second-order valence-electron chi connectivity index (χ2n) is 4.28. The molecule has 0 aliphatic heterocycles. The van der Waals surface area contributed by atoms with Crippen LogP contribution in [0.1, 0.15) is 25.5 Å². The van der Waals surface area contributed by atoms with Crippen molar-refractivity contribution in [2.75, 3.05) is 27.3 Å². The summed E-state index contributed by atoms with van der Waals surface area (Å²) in [5, 5.41) is 9.67. The lowest BCUT2D eigenvalue weighted by molar-refractivity contribution is -0.131. The summed E-state index contributed by atoms with van der Waals surface area (Å²) in [4.78, 5) is 13.3. The van der Waals surface area contributed by atoms with Gasteiger partial charge in [-0.1, -0.05) is 0 Å². The Morgan fingerprint density at radius 1 is 1.47 bits per heavy atom. The van der Waals surface area contributed by atoms with Crippen LogP contribution in [0.4, 0.5) is 0 Å². The first-order valence-corrected chi connectivity index (χ1v) is 6.22. The van der Waals surface area contributed by atoms with Gasteiger partial charge in [0.05, 0.1) is 13.2 Å². The van der Waals surface area contributed by atoms with Crippen LogP contribution >= 0.6 is 0 Å². The van der Waals surface area contributed by atoms with Crippen LogP contribution in [-0.4, -0.2) is 43.2 Å². The number of rotatable bonds is 6. The molecule has 1 aromatic rings. The summed E-state index contributed by atoms with van der Waals surface area (Å²) in [5.74, 6) is 0.977. The van der Waals surface area contributed by atoms with Gasteiger partial charge in [0.15, 0.2) is 6.61 Å². The summed E-state index contributed by atoms with van der Waals surface area (Å²) in [5.41, 5.74) is 0.632. The van der Waals surface area contributed by atoms with Gasteiger partial charge < -0.3 is 19.5 Å². The third-order valence-electron chi connectivity index (χ3n) is 2.92. The van der Waals surface area contributed by atoms with Crippen LogP contribution in [0.25, 0.3) is 0 Å². The third-order valence-corrected chi connectivity index (χ3v) is 2.92. The Kier molecular flexibility index (Phi) is 5.63. The fourth-order valence-corrected chi connectivity index (χ4v) is 1.54. The first-order valence-electron chi connectivity index (χ1n) is 6.22. The molecule has 0 aliphatic carbocycles. The van der Waals surface area contributed by atoms with Crippen molar-refractivity contribution >= 4 is 5.91 Å². The number of likely N-dealkylation sites (N-methyl/N-ethyl adjacent to an activating group) is 1. The summed E-state index contributed by atoms with van der Waals surface area (Å²) in [6.45, 7) is 4.11. The predicted octanol–water partition coefficient (Wildman–Crippen LogP) is 1.61. The van der Waals surface area contributed by atoms with Crippen LogP contribution in [-0.2, 0) is 4.79 Å². The van der Waals surface area contributed by atoms with Gasteiger partial charge >= 0.3 is 0 Å². The summed E-state index contributed by atoms with van der Waals surface area (Å²) in [7, 11) is 3.27. The number of hydrogen-bond acceptors (Lipinski definition) is 4. The van der Waals surface area contributed by atoms with Crippen molar-refractivity contribution in [1.29, 1.82) is 0 Å². The van der Waals surface area contributed by atoms with Crippen molar-refractivity contribution in [1.82, 2.24) is 4.90 Å². The molecule has 1 rings (SSSR count). The van der Waals surface area contributed by atoms with E-state index in [1.807, 2.05) is 6.92 Å². The molecule has 19 heavy (non-hydrogen) atoms. The topological polar surface area (TPSA) is 59.0 Å². The van der Waals surface area contributed by atoms with Crippen molar-refractivity contribution in [2.24, 2.45) is 0 Å². The van der Waals surface area contributed by atoms with E-state index in [0.29, 0.717) is 23.6 Å². The standard InChI is InChI=1S/C14H21NO4/c1-5-15(3)14(17)9-19-13-8-11(18-4)6-7-12(13)10(2)16/h6-8,10,16H,5,9H2,1-4H3/t10-/m0/s1. The predicted molar refractivity (Wildman–Crippen MR) is 72.4 cm³/mol. The van der Waals surface area contributed by atoms with E-state index >= 15 is 0 Å². The van der Waals surface area contributed by atoms with Gasteiger partial charge in [0.1, 0.15) is 11.5 Å². The normalized spacial score (nSPS) is 11.8. The lowest BCUT2D eigenvalue weighted by atomic mass is 10.1. The van der Waals surface area contributed by atoms with E-state index in [4.69, 9.17) is 9.47 Å². The molecule has 1 N–H and O–H groups in total. The van der Waals surface area contributed by atoms with E-state index in [9.17, 15) is 9.90 Å². The van der Waals surface area contributed by atoms with Crippen molar-refractivity contribution in [3.05, 3.63) is 23.8 Å². The number of amides is 1. The van der Waals surface area contributed by atoms with Crippen LogP contribution in [0.3, 0.4) is 0 Å². The molecule has 0 spiro atoms. The highest BCUT2D eigenvalue weighted by Crippen LogP contribution is 2.29. The molecule has 1 atom stereocenters. The van der Waals surface area contributed by atoms with Gasteiger partial charge in [0.2, 0.25) is 0 Å². The van der Waals surface area contributed by atoms with E-state index in [0.717, 1.165) is 0 Å². The largest absolute Gasteiger partial charge is 0.497 e. The fraction of sp³-hybridized carbons (Fsp3) is 0.500. The Hall–Kier alpha value is -1.75. The zero-order chi connectivity index (χ0) is 14.4. The maximum Gasteiger partial charge on any atom is 0.260 e. The van der Waals surface area contributed by atoms with Crippen molar-refractivity contribution in [3.8, 4) is 11.5 Å². The van der Waals surface area contributed by atoms with Crippen LogP contribution in [0.2, 0.25) is 0 Å².